The summed E-state index contributed by atoms with van der Waals surface area (Å²) < 4.78 is 19.2. The van der Waals surface area contributed by atoms with Gasteiger partial charge in [0.15, 0.2) is 0 Å². The fourth-order valence-electron chi connectivity index (χ4n) is 0.485. The van der Waals surface area contributed by atoms with Gasteiger partial charge in [-0.2, -0.15) is 0 Å². The lowest BCUT2D eigenvalue weighted by molar-refractivity contribution is -0.225. The van der Waals surface area contributed by atoms with Crippen molar-refractivity contribution in [1.29, 1.82) is 0 Å². The van der Waals surface area contributed by atoms with E-state index in [-0.39, 0.29) is 19.8 Å². The van der Waals surface area contributed by atoms with Crippen LogP contribution in [0.15, 0.2) is 0 Å². The summed E-state index contributed by atoms with van der Waals surface area (Å²) in [4.78, 5) is 13.2. The number of rotatable bonds is 8. The number of aliphatic hydroxyl groups is 1. The van der Waals surface area contributed by atoms with E-state index in [2.05, 4.69) is 14.1 Å². The SMILES string of the molecule is CCCCOOP(=O)(O)OCCO. The van der Waals surface area contributed by atoms with Crippen molar-refractivity contribution >= 4 is 7.82 Å². The predicted molar refractivity (Wildman–Crippen MR) is 44.8 cm³/mol. The van der Waals surface area contributed by atoms with Crippen LogP contribution in [0, 0.1) is 0 Å². The number of aliphatic hydroxyl groups excluding tert-OH is 1. The normalized spacial score (nSPS) is 15.6. The van der Waals surface area contributed by atoms with Crippen molar-refractivity contribution in [2.75, 3.05) is 19.8 Å². The molecule has 13 heavy (non-hydrogen) atoms. The van der Waals surface area contributed by atoms with Gasteiger partial charge >= 0.3 is 7.82 Å². The zero-order valence-electron chi connectivity index (χ0n) is 7.51. The van der Waals surface area contributed by atoms with Crippen molar-refractivity contribution in [3.05, 3.63) is 0 Å². The van der Waals surface area contributed by atoms with Crippen LogP contribution >= 0.6 is 7.82 Å². The van der Waals surface area contributed by atoms with Crippen LogP contribution in [0.1, 0.15) is 19.8 Å². The fraction of sp³-hybridized carbons (Fsp3) is 1.00. The van der Waals surface area contributed by atoms with E-state index in [0.29, 0.717) is 0 Å². The first kappa shape index (κ1) is 13.0. The quantitative estimate of drug-likeness (QED) is 0.269. The Morgan fingerprint density at radius 3 is 2.62 bits per heavy atom. The van der Waals surface area contributed by atoms with Gasteiger partial charge in [0.05, 0.1) is 19.8 Å². The molecule has 0 amide bonds. The average molecular weight is 214 g/mol. The van der Waals surface area contributed by atoms with E-state index in [4.69, 9.17) is 10.00 Å². The Kier molecular flexibility index (Phi) is 7.45. The number of hydrogen-bond acceptors (Lipinski definition) is 5. The first-order valence-corrected chi connectivity index (χ1v) is 5.51. The molecule has 7 heteroatoms. The molecule has 0 heterocycles. The van der Waals surface area contributed by atoms with Gasteiger partial charge in [0.1, 0.15) is 0 Å². The Morgan fingerprint density at radius 2 is 2.08 bits per heavy atom. The van der Waals surface area contributed by atoms with Gasteiger partial charge in [-0.05, 0) is 6.42 Å². The molecule has 0 radical (unpaired) electrons. The molecule has 1 atom stereocenters. The minimum atomic E-state index is -4.13. The van der Waals surface area contributed by atoms with Crippen LogP contribution in [0.3, 0.4) is 0 Å². The van der Waals surface area contributed by atoms with Gasteiger partial charge in [0, 0.05) is 0 Å². The van der Waals surface area contributed by atoms with Crippen LogP contribution in [0.4, 0.5) is 0 Å². The summed E-state index contributed by atoms with van der Waals surface area (Å²) in [6, 6.07) is 0. The van der Waals surface area contributed by atoms with Gasteiger partial charge in [0.25, 0.3) is 0 Å². The van der Waals surface area contributed by atoms with E-state index in [1.54, 1.807) is 0 Å². The molecule has 0 spiro atoms. The molecule has 0 aromatic heterocycles. The van der Waals surface area contributed by atoms with Crippen LogP contribution in [-0.4, -0.2) is 29.8 Å². The molecule has 0 saturated carbocycles. The van der Waals surface area contributed by atoms with Crippen molar-refractivity contribution in [3.8, 4) is 0 Å². The fourth-order valence-corrected chi connectivity index (χ4v) is 1.05. The van der Waals surface area contributed by atoms with Crippen molar-refractivity contribution in [2.45, 2.75) is 19.8 Å². The smallest absolute Gasteiger partial charge is 0.394 e. The molecule has 6 nitrogen and oxygen atoms in total. The molecule has 1 unspecified atom stereocenters. The predicted octanol–water partition coefficient (Wildman–Crippen LogP) is 0.844. The molecule has 0 aromatic rings. The highest BCUT2D eigenvalue weighted by atomic mass is 31.2. The Morgan fingerprint density at radius 1 is 1.38 bits per heavy atom. The van der Waals surface area contributed by atoms with Crippen LogP contribution in [0.5, 0.6) is 0 Å². The molecule has 0 fully saturated rings. The lowest BCUT2D eigenvalue weighted by Crippen LogP contribution is -2.01. The zero-order valence-corrected chi connectivity index (χ0v) is 8.40. The Balaban J connectivity index is 3.45. The monoisotopic (exact) mass is 214 g/mol. The topological polar surface area (TPSA) is 85.2 Å². The third-order valence-corrected chi connectivity index (χ3v) is 1.88. The molecule has 2 N–H and O–H groups in total. The highest BCUT2D eigenvalue weighted by Gasteiger charge is 2.21. The van der Waals surface area contributed by atoms with Crippen molar-refractivity contribution in [3.63, 3.8) is 0 Å². The first-order chi connectivity index (χ1) is 6.12. The minimum absolute atomic E-state index is 0.240. The molecule has 0 saturated heterocycles. The second kappa shape index (κ2) is 7.44. The molecule has 0 aromatic carbocycles. The summed E-state index contributed by atoms with van der Waals surface area (Å²) in [6.07, 6.45) is 1.64. The van der Waals surface area contributed by atoms with Crippen LogP contribution in [-0.2, 0) is 18.7 Å². The highest BCUT2D eigenvalue weighted by Crippen LogP contribution is 2.43. The Hall–Kier alpha value is 0.0300. The third-order valence-electron chi connectivity index (χ3n) is 1.07. The summed E-state index contributed by atoms with van der Waals surface area (Å²) in [6.45, 7) is 1.58. The van der Waals surface area contributed by atoms with Gasteiger partial charge in [-0.15, -0.1) is 4.67 Å². The highest BCUT2D eigenvalue weighted by molar-refractivity contribution is 7.47. The van der Waals surface area contributed by atoms with E-state index >= 15 is 0 Å². The zero-order chi connectivity index (χ0) is 10.2. The van der Waals surface area contributed by atoms with E-state index < -0.39 is 7.82 Å². The maximum atomic E-state index is 10.8. The molecular formula is C6H15O6P. The van der Waals surface area contributed by atoms with Crippen LogP contribution < -0.4 is 0 Å². The lowest BCUT2D eigenvalue weighted by atomic mass is 10.4. The maximum absolute atomic E-state index is 10.8. The van der Waals surface area contributed by atoms with Gasteiger partial charge in [-0.3, -0.25) is 4.52 Å². The van der Waals surface area contributed by atoms with E-state index in [0.717, 1.165) is 12.8 Å². The van der Waals surface area contributed by atoms with E-state index in [1.807, 2.05) is 6.92 Å². The third kappa shape index (κ3) is 8.36. The summed E-state index contributed by atoms with van der Waals surface area (Å²) in [5.41, 5.74) is 0. The van der Waals surface area contributed by atoms with Crippen LogP contribution in [0.2, 0.25) is 0 Å². The van der Waals surface area contributed by atoms with Crippen molar-refractivity contribution in [2.24, 2.45) is 0 Å². The summed E-state index contributed by atoms with van der Waals surface area (Å²) >= 11 is 0. The average Bonchev–Trinajstić information content (AvgIpc) is 2.09. The molecule has 80 valence electrons. The van der Waals surface area contributed by atoms with Gasteiger partial charge in [0.2, 0.25) is 0 Å². The first-order valence-electron chi connectivity index (χ1n) is 4.02. The second-order valence-corrected chi connectivity index (χ2v) is 3.62. The Bertz CT molecular complexity index is 161. The number of unbranched alkanes of at least 4 members (excludes halogenated alkanes) is 1. The number of phosphoric acid groups is 1. The second-order valence-electron chi connectivity index (χ2n) is 2.28. The summed E-state index contributed by atoms with van der Waals surface area (Å²) in [7, 11) is -4.13. The minimum Gasteiger partial charge on any atom is -0.394 e. The summed E-state index contributed by atoms with van der Waals surface area (Å²) in [5.74, 6) is 0. The standard InChI is InChI=1S/C6H15O6P/c1-2-3-5-10-12-13(8,9)11-6-4-7/h7H,2-6H2,1H3,(H,8,9). The van der Waals surface area contributed by atoms with E-state index in [1.165, 1.54) is 0 Å². The Labute approximate surface area is 77.0 Å². The number of phosphoric ester groups is 1. The van der Waals surface area contributed by atoms with Crippen LogP contribution in [0.25, 0.3) is 0 Å². The molecule has 0 aliphatic heterocycles. The molecule has 0 aliphatic carbocycles. The number of hydrogen-bond donors (Lipinski definition) is 2. The molecule has 0 aliphatic rings. The summed E-state index contributed by atoms with van der Waals surface area (Å²) in [5, 5.41) is 8.29. The van der Waals surface area contributed by atoms with Gasteiger partial charge in [-0.25, -0.2) is 9.45 Å². The molecular weight excluding hydrogens is 199 g/mol. The van der Waals surface area contributed by atoms with Crippen molar-refractivity contribution < 1.29 is 28.7 Å². The van der Waals surface area contributed by atoms with Gasteiger partial charge < -0.3 is 10.00 Å². The largest absolute Gasteiger partial charge is 0.499 e. The maximum Gasteiger partial charge on any atom is 0.499 e. The van der Waals surface area contributed by atoms with E-state index in [9.17, 15) is 4.57 Å². The van der Waals surface area contributed by atoms with Crippen molar-refractivity contribution in [1.82, 2.24) is 0 Å². The molecule has 0 bridgehead atoms. The molecule has 0 rings (SSSR count). The lowest BCUT2D eigenvalue weighted by Gasteiger charge is -2.09. The van der Waals surface area contributed by atoms with Gasteiger partial charge in [-0.1, -0.05) is 13.3 Å².